The molecular formula is C23H29N7O3S. The normalized spacial score (nSPS) is 17.9. The van der Waals surface area contributed by atoms with E-state index in [1.54, 1.807) is 34.0 Å². The first-order valence-corrected chi connectivity index (χ1v) is 13.1. The molecule has 0 atom stereocenters. The maximum atomic E-state index is 13.4. The van der Waals surface area contributed by atoms with E-state index >= 15 is 0 Å². The summed E-state index contributed by atoms with van der Waals surface area (Å²) < 4.78 is 29.5. The molecule has 5 rings (SSSR count). The van der Waals surface area contributed by atoms with Crippen LogP contribution in [0.5, 0.6) is 0 Å². The van der Waals surface area contributed by atoms with Crippen molar-refractivity contribution in [3.8, 4) is 0 Å². The van der Waals surface area contributed by atoms with Crippen LogP contribution >= 0.6 is 0 Å². The van der Waals surface area contributed by atoms with Crippen molar-refractivity contribution >= 4 is 32.8 Å². The van der Waals surface area contributed by atoms with Gasteiger partial charge in [-0.3, -0.25) is 9.48 Å². The molecule has 0 bridgehead atoms. The summed E-state index contributed by atoms with van der Waals surface area (Å²) in [6.07, 6.45) is 6.10. The number of benzene rings is 1. The molecule has 0 radical (unpaired) electrons. The number of carbonyl (C=O) groups excluding carboxylic acids is 1. The van der Waals surface area contributed by atoms with Crippen LogP contribution in [-0.2, 0) is 17.1 Å². The van der Waals surface area contributed by atoms with E-state index in [4.69, 9.17) is 0 Å². The molecule has 0 spiro atoms. The van der Waals surface area contributed by atoms with Gasteiger partial charge in [-0.15, -0.1) is 0 Å². The first-order valence-electron chi connectivity index (χ1n) is 11.6. The number of nitrogens with zero attached hydrogens (tertiary/aromatic N) is 7. The Hall–Kier alpha value is -3.05. The van der Waals surface area contributed by atoms with Crippen LogP contribution in [0.15, 0.2) is 35.6 Å². The van der Waals surface area contributed by atoms with Gasteiger partial charge in [0, 0.05) is 51.9 Å². The third kappa shape index (κ3) is 4.03. The minimum Gasteiger partial charge on any atom is -0.352 e. The summed E-state index contributed by atoms with van der Waals surface area (Å²) in [5.41, 5.74) is 1.99. The second-order valence-corrected chi connectivity index (χ2v) is 10.9. The zero-order valence-electron chi connectivity index (χ0n) is 19.5. The standard InChI is InChI=1S/C23H29N7O3S/c1-17-6-7-18(34(32,33)30-8-4-3-5-9-30)14-19(17)23(31)29-12-10-28(11-13-29)22-20-15-26-27(2)21(20)24-16-25-22/h6-7,14-16H,3-5,8-13H2,1-2H3. The van der Waals surface area contributed by atoms with Crippen LogP contribution in [0.2, 0.25) is 0 Å². The lowest BCUT2D eigenvalue weighted by Crippen LogP contribution is -2.49. The van der Waals surface area contributed by atoms with E-state index in [9.17, 15) is 13.2 Å². The Morgan fingerprint density at radius 3 is 2.44 bits per heavy atom. The summed E-state index contributed by atoms with van der Waals surface area (Å²) in [6.45, 7) is 5.21. The Balaban J connectivity index is 1.33. The Labute approximate surface area is 199 Å². The van der Waals surface area contributed by atoms with E-state index in [2.05, 4.69) is 20.0 Å². The predicted molar refractivity (Wildman–Crippen MR) is 128 cm³/mol. The molecule has 0 unspecified atom stereocenters. The first-order chi connectivity index (χ1) is 16.4. The monoisotopic (exact) mass is 483 g/mol. The van der Waals surface area contributed by atoms with Crippen LogP contribution < -0.4 is 4.90 Å². The number of amides is 1. The number of piperazine rings is 1. The highest BCUT2D eigenvalue weighted by Gasteiger charge is 2.29. The summed E-state index contributed by atoms with van der Waals surface area (Å²) in [6, 6.07) is 4.90. The molecule has 0 N–H and O–H groups in total. The smallest absolute Gasteiger partial charge is 0.254 e. The van der Waals surface area contributed by atoms with Gasteiger partial charge in [0.15, 0.2) is 5.65 Å². The molecule has 0 saturated carbocycles. The second-order valence-electron chi connectivity index (χ2n) is 8.92. The highest BCUT2D eigenvalue weighted by Crippen LogP contribution is 2.26. The zero-order valence-corrected chi connectivity index (χ0v) is 20.3. The van der Waals surface area contributed by atoms with Crippen LogP contribution in [0.25, 0.3) is 11.0 Å². The second kappa shape index (κ2) is 8.95. The number of carbonyl (C=O) groups is 1. The fraction of sp³-hybridized carbons (Fsp3) is 0.478. The van der Waals surface area contributed by atoms with Gasteiger partial charge in [0.25, 0.3) is 5.91 Å². The van der Waals surface area contributed by atoms with Gasteiger partial charge in [0.1, 0.15) is 12.1 Å². The van der Waals surface area contributed by atoms with Crippen molar-refractivity contribution in [1.29, 1.82) is 0 Å². The predicted octanol–water partition coefficient (Wildman–Crippen LogP) is 1.81. The topological polar surface area (TPSA) is 105 Å². The zero-order chi connectivity index (χ0) is 23.9. The average molecular weight is 484 g/mol. The van der Waals surface area contributed by atoms with Crippen molar-refractivity contribution in [2.45, 2.75) is 31.1 Å². The van der Waals surface area contributed by atoms with Gasteiger partial charge in [0.05, 0.1) is 16.5 Å². The molecule has 11 heteroatoms. The van der Waals surface area contributed by atoms with Crippen molar-refractivity contribution in [2.24, 2.45) is 7.05 Å². The molecule has 2 fully saturated rings. The summed E-state index contributed by atoms with van der Waals surface area (Å²) >= 11 is 0. The number of sulfonamides is 1. The molecule has 4 heterocycles. The Bertz CT molecular complexity index is 1320. The van der Waals surface area contributed by atoms with E-state index in [0.717, 1.165) is 41.7 Å². The molecule has 3 aromatic rings. The summed E-state index contributed by atoms with van der Waals surface area (Å²) in [5.74, 6) is 0.679. The van der Waals surface area contributed by atoms with E-state index in [0.29, 0.717) is 44.8 Å². The van der Waals surface area contributed by atoms with Crippen LogP contribution in [-0.4, -0.2) is 82.5 Å². The number of aryl methyl sites for hydroxylation is 2. The fourth-order valence-electron chi connectivity index (χ4n) is 4.74. The van der Waals surface area contributed by atoms with Crippen LogP contribution in [0, 0.1) is 6.92 Å². The van der Waals surface area contributed by atoms with Crippen molar-refractivity contribution in [3.63, 3.8) is 0 Å². The Morgan fingerprint density at radius 1 is 0.971 bits per heavy atom. The minimum atomic E-state index is -3.60. The van der Waals surface area contributed by atoms with Crippen molar-refractivity contribution in [3.05, 3.63) is 41.9 Å². The Morgan fingerprint density at radius 2 is 1.71 bits per heavy atom. The minimum absolute atomic E-state index is 0.137. The van der Waals surface area contributed by atoms with E-state index in [1.165, 1.54) is 10.6 Å². The van der Waals surface area contributed by atoms with Gasteiger partial charge in [-0.1, -0.05) is 12.5 Å². The summed E-state index contributed by atoms with van der Waals surface area (Å²) in [7, 11) is -1.75. The third-order valence-electron chi connectivity index (χ3n) is 6.77. The van der Waals surface area contributed by atoms with Gasteiger partial charge >= 0.3 is 0 Å². The number of anilines is 1. The average Bonchev–Trinajstić information content (AvgIpc) is 3.25. The SMILES string of the molecule is Cc1ccc(S(=O)(=O)N2CCCCC2)cc1C(=O)N1CCN(c2ncnc3c2cnn3C)CC1. The van der Waals surface area contributed by atoms with E-state index < -0.39 is 10.0 Å². The number of aromatic nitrogens is 4. The fourth-order valence-corrected chi connectivity index (χ4v) is 6.28. The van der Waals surface area contributed by atoms with Crippen LogP contribution in [0.1, 0.15) is 35.2 Å². The third-order valence-corrected chi connectivity index (χ3v) is 8.66. The van der Waals surface area contributed by atoms with Crippen molar-refractivity contribution < 1.29 is 13.2 Å². The molecule has 34 heavy (non-hydrogen) atoms. The summed E-state index contributed by atoms with van der Waals surface area (Å²) in [5, 5.41) is 5.16. The first kappa shape index (κ1) is 22.7. The van der Waals surface area contributed by atoms with Crippen molar-refractivity contribution in [2.75, 3.05) is 44.2 Å². The molecular weight excluding hydrogens is 454 g/mol. The number of fused-ring (bicyclic) bond motifs is 1. The quantitative estimate of drug-likeness (QED) is 0.557. The number of rotatable bonds is 4. The lowest BCUT2D eigenvalue weighted by molar-refractivity contribution is 0.0745. The maximum Gasteiger partial charge on any atom is 0.254 e. The lowest BCUT2D eigenvalue weighted by atomic mass is 10.1. The lowest BCUT2D eigenvalue weighted by Gasteiger charge is -2.35. The molecule has 0 aliphatic carbocycles. The molecule has 2 saturated heterocycles. The van der Waals surface area contributed by atoms with Crippen molar-refractivity contribution in [1.82, 2.24) is 29.0 Å². The van der Waals surface area contributed by atoms with E-state index in [1.807, 2.05) is 14.0 Å². The highest BCUT2D eigenvalue weighted by molar-refractivity contribution is 7.89. The number of hydrogen-bond donors (Lipinski definition) is 0. The van der Waals surface area contributed by atoms with Gasteiger partial charge in [-0.25, -0.2) is 18.4 Å². The van der Waals surface area contributed by atoms with Crippen LogP contribution in [0.4, 0.5) is 5.82 Å². The molecule has 1 aromatic carbocycles. The molecule has 1 amide bonds. The van der Waals surface area contributed by atoms with Gasteiger partial charge < -0.3 is 9.80 Å². The van der Waals surface area contributed by atoms with Gasteiger partial charge in [0.2, 0.25) is 10.0 Å². The highest BCUT2D eigenvalue weighted by atomic mass is 32.2. The Kier molecular flexibility index (Phi) is 5.98. The molecule has 2 aliphatic rings. The number of hydrogen-bond acceptors (Lipinski definition) is 7. The number of piperidine rings is 1. The van der Waals surface area contributed by atoms with Gasteiger partial charge in [-0.05, 0) is 37.5 Å². The maximum absolute atomic E-state index is 13.4. The molecule has 2 aliphatic heterocycles. The summed E-state index contributed by atoms with van der Waals surface area (Å²) in [4.78, 5) is 26.3. The van der Waals surface area contributed by atoms with Crippen LogP contribution in [0.3, 0.4) is 0 Å². The largest absolute Gasteiger partial charge is 0.352 e. The molecule has 180 valence electrons. The van der Waals surface area contributed by atoms with E-state index in [-0.39, 0.29) is 10.8 Å². The molecule has 2 aromatic heterocycles. The van der Waals surface area contributed by atoms with Gasteiger partial charge in [-0.2, -0.15) is 9.40 Å². The molecule has 10 nitrogen and oxygen atoms in total.